The van der Waals surface area contributed by atoms with Gasteiger partial charge in [0.2, 0.25) is 0 Å². The predicted octanol–water partition coefficient (Wildman–Crippen LogP) is 2.98. The molecular weight excluding hydrogens is 398 g/mol. The molecule has 1 aromatic heterocycles. The second kappa shape index (κ2) is 11.5. The normalized spacial score (nSPS) is 16.8. The highest BCUT2D eigenvalue weighted by atomic mass is 16.7. The highest BCUT2D eigenvalue weighted by Crippen LogP contribution is 2.20. The van der Waals surface area contributed by atoms with Gasteiger partial charge in [-0.3, -0.25) is 9.48 Å². The smallest absolute Gasteiger partial charge is 0.257 e. The van der Waals surface area contributed by atoms with Gasteiger partial charge in [0.05, 0.1) is 6.61 Å². The van der Waals surface area contributed by atoms with Crippen LogP contribution in [0.2, 0.25) is 0 Å². The van der Waals surface area contributed by atoms with E-state index in [9.17, 15) is 4.79 Å². The number of ether oxygens (including phenoxy) is 4. The Hall–Kier alpha value is -2.86. The minimum absolute atomic E-state index is 0.174. The van der Waals surface area contributed by atoms with Crippen molar-refractivity contribution in [2.24, 2.45) is 7.05 Å². The Labute approximate surface area is 182 Å². The van der Waals surface area contributed by atoms with Crippen LogP contribution < -0.4 is 10.1 Å². The van der Waals surface area contributed by atoms with Gasteiger partial charge in [0.15, 0.2) is 12.1 Å². The van der Waals surface area contributed by atoms with Crippen molar-refractivity contribution in [1.82, 2.24) is 9.78 Å². The van der Waals surface area contributed by atoms with Crippen LogP contribution >= 0.6 is 0 Å². The molecule has 1 aliphatic heterocycles. The van der Waals surface area contributed by atoms with Crippen molar-refractivity contribution in [1.29, 1.82) is 0 Å². The summed E-state index contributed by atoms with van der Waals surface area (Å²) in [6.07, 6.45) is 4.46. The lowest BCUT2D eigenvalue weighted by atomic mass is 10.1. The van der Waals surface area contributed by atoms with E-state index in [-0.39, 0.29) is 24.9 Å². The summed E-state index contributed by atoms with van der Waals surface area (Å²) in [5, 5.41) is 6.96. The molecular formula is C23H29N3O5. The van der Waals surface area contributed by atoms with Crippen molar-refractivity contribution in [2.45, 2.75) is 38.6 Å². The molecule has 8 heteroatoms. The standard InChI is InChI=1S/C23H29N3O5/c1-17(16-28-3)31-20-14-18(7-6-12-30-22-8-4-5-11-29-22)13-19(15-20)23(27)24-21-9-10-26(2)25-21/h9-10,13-15,17,22H,4-5,8,11-12,16H2,1-3H3,(H,24,25,27)/t17-,22?/m0/s1. The van der Waals surface area contributed by atoms with Gasteiger partial charge in [-0.2, -0.15) is 5.10 Å². The van der Waals surface area contributed by atoms with Gasteiger partial charge in [-0.1, -0.05) is 11.8 Å². The van der Waals surface area contributed by atoms with Crippen LogP contribution in [0, 0.1) is 11.8 Å². The summed E-state index contributed by atoms with van der Waals surface area (Å²) in [7, 11) is 3.40. The van der Waals surface area contributed by atoms with Crippen LogP contribution in [0.5, 0.6) is 5.75 Å². The van der Waals surface area contributed by atoms with E-state index in [1.807, 2.05) is 6.92 Å². The summed E-state index contributed by atoms with van der Waals surface area (Å²) in [5.41, 5.74) is 1.08. The van der Waals surface area contributed by atoms with Crippen LogP contribution in [0.4, 0.5) is 5.82 Å². The van der Waals surface area contributed by atoms with Gasteiger partial charge in [0, 0.05) is 44.2 Å². The maximum atomic E-state index is 12.7. The van der Waals surface area contributed by atoms with Gasteiger partial charge in [0.1, 0.15) is 18.5 Å². The highest BCUT2D eigenvalue weighted by molar-refractivity contribution is 6.04. The average molecular weight is 428 g/mol. The van der Waals surface area contributed by atoms with Crippen molar-refractivity contribution in [2.75, 3.05) is 32.2 Å². The third kappa shape index (κ3) is 7.40. The maximum absolute atomic E-state index is 12.7. The van der Waals surface area contributed by atoms with Crippen LogP contribution in [0.25, 0.3) is 0 Å². The fourth-order valence-corrected chi connectivity index (χ4v) is 3.16. The Morgan fingerprint density at radius 1 is 1.39 bits per heavy atom. The molecule has 1 aliphatic rings. The van der Waals surface area contributed by atoms with E-state index in [4.69, 9.17) is 18.9 Å². The van der Waals surface area contributed by atoms with Crippen LogP contribution in [0.15, 0.2) is 30.5 Å². The first-order valence-corrected chi connectivity index (χ1v) is 10.4. The molecule has 2 heterocycles. The molecule has 1 amide bonds. The Morgan fingerprint density at radius 3 is 2.97 bits per heavy atom. The average Bonchev–Trinajstić information content (AvgIpc) is 3.16. The lowest BCUT2D eigenvalue weighted by Crippen LogP contribution is -2.22. The van der Waals surface area contributed by atoms with E-state index in [2.05, 4.69) is 22.3 Å². The molecule has 0 saturated carbocycles. The number of anilines is 1. The molecule has 8 nitrogen and oxygen atoms in total. The number of hydrogen-bond donors (Lipinski definition) is 1. The molecule has 0 radical (unpaired) electrons. The minimum atomic E-state index is -0.293. The van der Waals surface area contributed by atoms with Gasteiger partial charge in [0.25, 0.3) is 5.91 Å². The quantitative estimate of drug-likeness (QED) is 0.652. The Kier molecular flexibility index (Phi) is 8.47. The van der Waals surface area contributed by atoms with Crippen molar-refractivity contribution in [3.63, 3.8) is 0 Å². The minimum Gasteiger partial charge on any atom is -0.488 e. The summed E-state index contributed by atoms with van der Waals surface area (Å²) >= 11 is 0. The SMILES string of the molecule is COC[C@H](C)Oc1cc(C#CCOC2CCCCO2)cc(C(=O)Nc2ccn(C)n2)c1. The fourth-order valence-electron chi connectivity index (χ4n) is 3.16. The predicted molar refractivity (Wildman–Crippen MR) is 116 cm³/mol. The summed E-state index contributed by atoms with van der Waals surface area (Å²) < 4.78 is 23.8. The number of methoxy groups -OCH3 is 1. The Morgan fingerprint density at radius 2 is 2.26 bits per heavy atom. The van der Waals surface area contributed by atoms with Gasteiger partial charge >= 0.3 is 0 Å². The van der Waals surface area contributed by atoms with Crippen molar-refractivity contribution >= 4 is 11.7 Å². The largest absolute Gasteiger partial charge is 0.488 e. The molecule has 1 N–H and O–H groups in total. The third-order valence-electron chi connectivity index (χ3n) is 4.57. The van der Waals surface area contributed by atoms with Gasteiger partial charge in [-0.25, -0.2) is 0 Å². The molecule has 1 fully saturated rings. The molecule has 1 aromatic carbocycles. The van der Waals surface area contributed by atoms with Crippen molar-refractivity contribution in [3.8, 4) is 17.6 Å². The molecule has 3 rings (SSSR count). The van der Waals surface area contributed by atoms with E-state index < -0.39 is 0 Å². The second-order valence-electron chi connectivity index (χ2n) is 7.37. The number of aromatic nitrogens is 2. The molecule has 0 spiro atoms. The topological polar surface area (TPSA) is 83.8 Å². The number of nitrogens with zero attached hydrogens (tertiary/aromatic N) is 2. The van der Waals surface area contributed by atoms with Crippen molar-refractivity contribution in [3.05, 3.63) is 41.6 Å². The number of aryl methyl sites for hydroxylation is 1. The zero-order valence-electron chi connectivity index (χ0n) is 18.2. The number of carbonyl (C=O) groups is 1. The Balaban J connectivity index is 1.72. The molecule has 2 aromatic rings. The molecule has 1 saturated heterocycles. The first-order chi connectivity index (χ1) is 15.0. The number of nitrogens with one attached hydrogen (secondary N) is 1. The van der Waals surface area contributed by atoms with E-state index in [0.717, 1.165) is 25.9 Å². The molecule has 2 atom stereocenters. The zero-order valence-corrected chi connectivity index (χ0v) is 18.2. The summed E-state index contributed by atoms with van der Waals surface area (Å²) in [6.45, 7) is 3.31. The van der Waals surface area contributed by atoms with Gasteiger partial charge in [-0.15, -0.1) is 0 Å². The number of carbonyl (C=O) groups excluding carboxylic acids is 1. The molecule has 0 bridgehead atoms. The van der Waals surface area contributed by atoms with Crippen molar-refractivity contribution < 1.29 is 23.7 Å². The fraction of sp³-hybridized carbons (Fsp3) is 0.478. The lowest BCUT2D eigenvalue weighted by molar-refractivity contribution is -0.154. The number of hydrogen-bond acceptors (Lipinski definition) is 6. The number of rotatable bonds is 8. The van der Waals surface area contributed by atoms with Gasteiger partial charge < -0.3 is 24.3 Å². The molecule has 1 unspecified atom stereocenters. The van der Waals surface area contributed by atoms with Gasteiger partial charge in [-0.05, 0) is 44.4 Å². The second-order valence-corrected chi connectivity index (χ2v) is 7.37. The first-order valence-electron chi connectivity index (χ1n) is 10.4. The zero-order chi connectivity index (χ0) is 22.1. The van der Waals surface area contributed by atoms with Crippen LogP contribution in [0.3, 0.4) is 0 Å². The molecule has 31 heavy (non-hydrogen) atoms. The van der Waals surface area contributed by atoms with E-state index >= 15 is 0 Å². The van der Waals surface area contributed by atoms with Crippen LogP contribution in [0.1, 0.15) is 42.1 Å². The number of amides is 1. The third-order valence-corrected chi connectivity index (χ3v) is 4.57. The van der Waals surface area contributed by atoms with E-state index in [1.54, 1.807) is 49.3 Å². The van der Waals surface area contributed by atoms with Crippen LogP contribution in [-0.2, 0) is 21.3 Å². The maximum Gasteiger partial charge on any atom is 0.257 e. The van der Waals surface area contributed by atoms with E-state index in [0.29, 0.717) is 29.3 Å². The highest BCUT2D eigenvalue weighted by Gasteiger charge is 2.14. The summed E-state index contributed by atoms with van der Waals surface area (Å²) in [4.78, 5) is 12.7. The first kappa shape index (κ1) is 22.8. The van der Waals surface area contributed by atoms with E-state index in [1.165, 1.54) is 0 Å². The number of benzene rings is 1. The Bertz CT molecular complexity index is 925. The summed E-state index contributed by atoms with van der Waals surface area (Å²) in [5.74, 6) is 6.77. The lowest BCUT2D eigenvalue weighted by Gasteiger charge is -2.21. The van der Waals surface area contributed by atoms with Crippen LogP contribution in [-0.4, -0.2) is 55.0 Å². The molecule has 166 valence electrons. The summed E-state index contributed by atoms with van der Waals surface area (Å²) in [6, 6.07) is 6.93. The monoisotopic (exact) mass is 427 g/mol. The molecule has 0 aliphatic carbocycles.